The lowest BCUT2D eigenvalue weighted by Crippen LogP contribution is -2.21. The summed E-state index contributed by atoms with van der Waals surface area (Å²) < 4.78 is 27.1. The molecule has 0 atom stereocenters. The summed E-state index contributed by atoms with van der Waals surface area (Å²) in [5.74, 6) is 0. The molecule has 2 aliphatic heterocycles. The highest BCUT2D eigenvalue weighted by atomic mass is 32.2. The molecule has 1 aromatic carbocycles. The number of hydrogen-bond acceptors (Lipinski definition) is 7. The SMILES string of the molecule is Cn1ccnc1S(=O)(=O)c1ccc(N2C=CC(c3ccc(CN4CCCC4)s3)=NC2)cc1. The first-order valence-electron chi connectivity index (χ1n) is 10.6. The van der Waals surface area contributed by atoms with E-state index in [9.17, 15) is 8.42 Å². The third-order valence-corrected chi connectivity index (χ3v) is 8.65. The molecule has 9 heteroatoms. The fraction of sp³-hybridized carbons (Fsp3) is 0.304. The van der Waals surface area contributed by atoms with Crippen LogP contribution in [0.25, 0.3) is 0 Å². The van der Waals surface area contributed by atoms with Crippen molar-refractivity contribution in [2.45, 2.75) is 29.4 Å². The third kappa shape index (κ3) is 4.15. The molecule has 0 bridgehead atoms. The molecule has 4 heterocycles. The quantitative estimate of drug-likeness (QED) is 0.553. The summed E-state index contributed by atoms with van der Waals surface area (Å²) in [4.78, 5) is 16.0. The molecular weight excluding hydrogens is 442 g/mol. The van der Waals surface area contributed by atoms with E-state index in [1.807, 2.05) is 28.5 Å². The Morgan fingerprint density at radius 3 is 2.50 bits per heavy atom. The Balaban J connectivity index is 1.26. The van der Waals surface area contributed by atoms with E-state index in [4.69, 9.17) is 4.99 Å². The summed E-state index contributed by atoms with van der Waals surface area (Å²) in [6, 6.07) is 11.2. The zero-order valence-electron chi connectivity index (χ0n) is 17.9. The number of aliphatic imine (C=N–C) groups is 1. The number of aryl methyl sites for hydroxylation is 1. The lowest BCUT2D eigenvalue weighted by molar-refractivity contribution is 0.334. The summed E-state index contributed by atoms with van der Waals surface area (Å²) in [7, 11) is -1.97. The minimum Gasteiger partial charge on any atom is -0.328 e. The number of nitrogens with zero attached hydrogens (tertiary/aromatic N) is 5. The Morgan fingerprint density at radius 1 is 1.06 bits per heavy atom. The Hall–Kier alpha value is -2.75. The van der Waals surface area contributed by atoms with Crippen LogP contribution in [0.4, 0.5) is 5.69 Å². The molecule has 2 aliphatic rings. The van der Waals surface area contributed by atoms with Crippen LogP contribution >= 0.6 is 11.3 Å². The molecule has 0 aliphatic carbocycles. The van der Waals surface area contributed by atoms with E-state index in [1.54, 1.807) is 37.5 Å². The third-order valence-electron chi connectivity index (χ3n) is 5.79. The van der Waals surface area contributed by atoms with Crippen molar-refractivity contribution < 1.29 is 8.42 Å². The van der Waals surface area contributed by atoms with Gasteiger partial charge in [-0.25, -0.2) is 13.4 Å². The van der Waals surface area contributed by atoms with Gasteiger partial charge in [-0.2, -0.15) is 0 Å². The average Bonchev–Trinajstić information content (AvgIpc) is 3.57. The molecular formula is C23H25N5O2S2. The van der Waals surface area contributed by atoms with Crippen LogP contribution in [-0.4, -0.2) is 48.3 Å². The summed E-state index contributed by atoms with van der Waals surface area (Å²) in [6.45, 7) is 3.92. The molecule has 1 saturated heterocycles. The van der Waals surface area contributed by atoms with Crippen LogP contribution in [0.2, 0.25) is 0 Å². The average molecular weight is 468 g/mol. The van der Waals surface area contributed by atoms with Gasteiger partial charge in [0.1, 0.15) is 6.67 Å². The molecule has 0 amide bonds. The highest BCUT2D eigenvalue weighted by molar-refractivity contribution is 7.91. The number of likely N-dealkylation sites (tertiary alicyclic amines) is 1. The smallest absolute Gasteiger partial charge is 0.240 e. The molecule has 3 aromatic rings. The molecule has 7 nitrogen and oxygen atoms in total. The normalized spacial score (nSPS) is 17.2. The number of allylic oxidation sites excluding steroid dienone is 1. The summed E-state index contributed by atoms with van der Waals surface area (Å²) >= 11 is 1.81. The maximum Gasteiger partial charge on any atom is 0.240 e. The predicted molar refractivity (Wildman–Crippen MR) is 127 cm³/mol. The van der Waals surface area contributed by atoms with E-state index >= 15 is 0 Å². The summed E-state index contributed by atoms with van der Waals surface area (Å²) in [5.41, 5.74) is 1.89. The van der Waals surface area contributed by atoms with Crippen molar-refractivity contribution in [2.75, 3.05) is 24.7 Å². The zero-order valence-corrected chi connectivity index (χ0v) is 19.5. The zero-order chi connectivity index (χ0) is 22.1. The van der Waals surface area contributed by atoms with Crippen molar-refractivity contribution >= 4 is 32.6 Å². The Kier molecular flexibility index (Phi) is 5.71. The fourth-order valence-corrected chi connectivity index (χ4v) is 6.42. The van der Waals surface area contributed by atoms with Gasteiger partial charge in [0.05, 0.1) is 15.5 Å². The minimum atomic E-state index is -3.64. The summed E-state index contributed by atoms with van der Waals surface area (Å²) in [6.07, 6.45) is 9.74. The Bertz CT molecular complexity index is 1270. The van der Waals surface area contributed by atoms with E-state index in [0.29, 0.717) is 6.67 Å². The summed E-state index contributed by atoms with van der Waals surface area (Å²) in [5, 5.41) is 0.0393. The van der Waals surface area contributed by atoms with E-state index < -0.39 is 9.84 Å². The number of aromatic nitrogens is 2. The molecule has 0 radical (unpaired) electrons. The van der Waals surface area contributed by atoms with Gasteiger partial charge in [-0.15, -0.1) is 11.3 Å². The number of rotatable bonds is 6. The van der Waals surface area contributed by atoms with Crippen LogP contribution in [0.1, 0.15) is 22.6 Å². The number of imidazole rings is 1. The number of hydrogen-bond donors (Lipinski definition) is 0. The van der Waals surface area contributed by atoms with Crippen molar-refractivity contribution in [3.8, 4) is 0 Å². The van der Waals surface area contributed by atoms with Crippen LogP contribution < -0.4 is 4.90 Å². The van der Waals surface area contributed by atoms with Crippen molar-refractivity contribution in [1.82, 2.24) is 14.5 Å². The first-order valence-corrected chi connectivity index (χ1v) is 12.9. The molecule has 5 rings (SSSR count). The molecule has 0 N–H and O–H groups in total. The van der Waals surface area contributed by atoms with Gasteiger partial charge in [0.15, 0.2) is 0 Å². The van der Waals surface area contributed by atoms with Crippen LogP contribution in [0, 0.1) is 0 Å². The second-order valence-corrected chi connectivity index (χ2v) is 11.0. The molecule has 0 unspecified atom stereocenters. The highest BCUT2D eigenvalue weighted by Gasteiger charge is 2.22. The molecule has 166 valence electrons. The van der Waals surface area contributed by atoms with Gasteiger partial charge in [0.2, 0.25) is 15.0 Å². The van der Waals surface area contributed by atoms with Gasteiger partial charge in [-0.3, -0.25) is 9.89 Å². The van der Waals surface area contributed by atoms with Crippen LogP contribution in [0.5, 0.6) is 0 Å². The van der Waals surface area contributed by atoms with Gasteiger partial charge >= 0.3 is 0 Å². The first kappa shape index (κ1) is 21.1. The Morgan fingerprint density at radius 2 is 1.84 bits per heavy atom. The van der Waals surface area contributed by atoms with Crippen LogP contribution in [0.15, 0.2) is 76.1 Å². The standard InChI is InChI=1S/C23H25N5O2S2/c1-26-15-11-24-23(26)32(29,30)20-7-4-18(5-8-20)28-14-10-21(25-17-28)22-9-6-19(31-22)16-27-12-2-3-13-27/h4-11,14-15H,2-3,12-13,16-17H2,1H3. The fourth-order valence-electron chi connectivity index (χ4n) is 4.04. The van der Waals surface area contributed by atoms with Crippen molar-refractivity contribution in [3.05, 3.63) is 70.8 Å². The van der Waals surface area contributed by atoms with Crippen molar-refractivity contribution in [2.24, 2.45) is 12.0 Å². The predicted octanol–water partition coefficient (Wildman–Crippen LogP) is 3.69. The van der Waals surface area contributed by atoms with Gasteiger partial charge in [-0.05, 0) is 68.4 Å². The van der Waals surface area contributed by atoms with E-state index in [1.165, 1.54) is 46.4 Å². The topological polar surface area (TPSA) is 70.8 Å². The number of sulfone groups is 1. The molecule has 0 saturated carbocycles. The van der Waals surface area contributed by atoms with Gasteiger partial charge in [0, 0.05) is 42.8 Å². The lowest BCUT2D eigenvalue weighted by Gasteiger charge is -2.22. The Labute approximate surface area is 192 Å². The van der Waals surface area contributed by atoms with E-state index in [0.717, 1.165) is 17.9 Å². The maximum atomic E-state index is 12.8. The molecule has 2 aromatic heterocycles. The second kappa shape index (κ2) is 8.65. The van der Waals surface area contributed by atoms with E-state index in [2.05, 4.69) is 22.0 Å². The largest absolute Gasteiger partial charge is 0.328 e. The van der Waals surface area contributed by atoms with Gasteiger partial charge in [-0.1, -0.05) is 0 Å². The maximum absolute atomic E-state index is 12.8. The molecule has 32 heavy (non-hydrogen) atoms. The second-order valence-electron chi connectivity index (χ2n) is 8.04. The first-order chi connectivity index (χ1) is 15.5. The lowest BCUT2D eigenvalue weighted by atomic mass is 10.2. The van der Waals surface area contributed by atoms with Crippen molar-refractivity contribution in [1.29, 1.82) is 0 Å². The molecule has 1 fully saturated rings. The van der Waals surface area contributed by atoms with Gasteiger partial charge in [0.25, 0.3) is 0 Å². The number of benzene rings is 1. The van der Waals surface area contributed by atoms with Crippen LogP contribution in [-0.2, 0) is 23.4 Å². The monoisotopic (exact) mass is 467 g/mol. The minimum absolute atomic E-state index is 0.0393. The van der Waals surface area contributed by atoms with E-state index in [-0.39, 0.29) is 10.1 Å². The molecule has 0 spiro atoms. The number of anilines is 1. The van der Waals surface area contributed by atoms with Crippen LogP contribution in [0.3, 0.4) is 0 Å². The van der Waals surface area contributed by atoms with Gasteiger partial charge < -0.3 is 9.47 Å². The highest BCUT2D eigenvalue weighted by Crippen LogP contribution is 2.26. The van der Waals surface area contributed by atoms with Crippen molar-refractivity contribution in [3.63, 3.8) is 0 Å². The number of thiophene rings is 1.